The molecule has 0 atom stereocenters. The lowest BCUT2D eigenvalue weighted by molar-refractivity contribution is -0.108. The molecule has 1 aromatic rings. The molecule has 0 N–H and O–H groups in total. The average molecular weight is 228 g/mol. The second-order valence-corrected chi connectivity index (χ2v) is 4.39. The van der Waals surface area contributed by atoms with Crippen LogP contribution in [-0.4, -0.2) is 32.3 Å². The standard InChI is InChI=1S/C10H16N2O2S/c1-13-9(14-2)8-7-15-10(11-8)12-5-3-4-6-12/h7,9H,3-6H2,1-2H3. The van der Waals surface area contributed by atoms with Crippen molar-refractivity contribution in [2.45, 2.75) is 19.1 Å². The van der Waals surface area contributed by atoms with E-state index < -0.39 is 0 Å². The number of aromatic nitrogens is 1. The Balaban J connectivity index is 2.08. The minimum atomic E-state index is -0.336. The molecule has 5 heteroatoms. The number of thiazole rings is 1. The summed E-state index contributed by atoms with van der Waals surface area (Å²) in [6.07, 6.45) is 2.21. The predicted molar refractivity (Wildman–Crippen MR) is 60.3 cm³/mol. The molecule has 0 amide bonds. The Kier molecular flexibility index (Phi) is 3.56. The van der Waals surface area contributed by atoms with E-state index in [1.54, 1.807) is 25.6 Å². The highest BCUT2D eigenvalue weighted by atomic mass is 32.1. The molecule has 84 valence electrons. The molecule has 0 aromatic carbocycles. The van der Waals surface area contributed by atoms with Gasteiger partial charge in [-0.2, -0.15) is 0 Å². The molecule has 1 aromatic heterocycles. The van der Waals surface area contributed by atoms with Crippen molar-refractivity contribution >= 4 is 16.5 Å². The predicted octanol–water partition coefficient (Wildman–Crippen LogP) is 2.03. The molecule has 0 aliphatic carbocycles. The SMILES string of the molecule is COC(OC)c1csc(N2CCCC2)n1. The lowest BCUT2D eigenvalue weighted by Gasteiger charge is -2.13. The van der Waals surface area contributed by atoms with Gasteiger partial charge in [0.25, 0.3) is 0 Å². The van der Waals surface area contributed by atoms with Gasteiger partial charge in [0, 0.05) is 32.7 Å². The molecule has 4 nitrogen and oxygen atoms in total. The Labute approximate surface area is 93.8 Å². The highest BCUT2D eigenvalue weighted by Gasteiger charge is 2.18. The topological polar surface area (TPSA) is 34.6 Å². The van der Waals surface area contributed by atoms with Crippen LogP contribution in [0, 0.1) is 0 Å². The Hall–Kier alpha value is -0.650. The van der Waals surface area contributed by atoms with Crippen molar-refractivity contribution in [2.75, 3.05) is 32.2 Å². The van der Waals surface area contributed by atoms with Crippen LogP contribution in [-0.2, 0) is 9.47 Å². The number of hydrogen-bond acceptors (Lipinski definition) is 5. The monoisotopic (exact) mass is 228 g/mol. The Morgan fingerprint density at radius 3 is 2.60 bits per heavy atom. The first-order valence-corrected chi connectivity index (χ1v) is 5.99. The summed E-state index contributed by atoms with van der Waals surface area (Å²) in [6, 6.07) is 0. The number of rotatable bonds is 4. The number of hydrogen-bond donors (Lipinski definition) is 0. The number of methoxy groups -OCH3 is 2. The van der Waals surface area contributed by atoms with Crippen LogP contribution in [0.25, 0.3) is 0 Å². The van der Waals surface area contributed by atoms with E-state index in [1.807, 2.05) is 5.38 Å². The summed E-state index contributed by atoms with van der Waals surface area (Å²) in [5.74, 6) is 0. The second kappa shape index (κ2) is 4.92. The lowest BCUT2D eigenvalue weighted by Crippen LogP contribution is -2.17. The summed E-state index contributed by atoms with van der Waals surface area (Å²) in [7, 11) is 3.26. The maximum atomic E-state index is 5.16. The molecule has 0 unspecified atom stereocenters. The molecule has 15 heavy (non-hydrogen) atoms. The minimum absolute atomic E-state index is 0.336. The third-order valence-electron chi connectivity index (χ3n) is 2.56. The first kappa shape index (κ1) is 10.9. The van der Waals surface area contributed by atoms with Gasteiger partial charge in [-0.05, 0) is 12.8 Å². The summed E-state index contributed by atoms with van der Waals surface area (Å²) in [6.45, 7) is 2.25. The van der Waals surface area contributed by atoms with Crippen LogP contribution >= 0.6 is 11.3 Å². The molecule has 1 aliphatic rings. The highest BCUT2D eigenvalue weighted by Crippen LogP contribution is 2.28. The van der Waals surface area contributed by atoms with Crippen LogP contribution < -0.4 is 4.90 Å². The molecular weight excluding hydrogens is 212 g/mol. The van der Waals surface area contributed by atoms with Crippen LogP contribution in [0.5, 0.6) is 0 Å². The van der Waals surface area contributed by atoms with Gasteiger partial charge in [-0.3, -0.25) is 0 Å². The number of nitrogens with zero attached hydrogens (tertiary/aromatic N) is 2. The van der Waals surface area contributed by atoms with E-state index in [-0.39, 0.29) is 6.29 Å². The summed E-state index contributed by atoms with van der Waals surface area (Å²) in [5, 5.41) is 3.09. The van der Waals surface area contributed by atoms with Gasteiger partial charge in [0.05, 0.1) is 0 Å². The maximum Gasteiger partial charge on any atom is 0.201 e. The molecule has 1 fully saturated rings. The van der Waals surface area contributed by atoms with Gasteiger partial charge in [0.1, 0.15) is 5.69 Å². The number of ether oxygens (including phenoxy) is 2. The zero-order valence-electron chi connectivity index (χ0n) is 9.10. The molecule has 0 radical (unpaired) electrons. The Morgan fingerprint density at radius 2 is 2.00 bits per heavy atom. The minimum Gasteiger partial charge on any atom is -0.350 e. The fourth-order valence-corrected chi connectivity index (χ4v) is 2.66. The van der Waals surface area contributed by atoms with E-state index in [9.17, 15) is 0 Å². The van der Waals surface area contributed by atoms with Crippen molar-refractivity contribution in [1.29, 1.82) is 0 Å². The zero-order chi connectivity index (χ0) is 10.7. The van der Waals surface area contributed by atoms with E-state index in [0.29, 0.717) is 0 Å². The van der Waals surface area contributed by atoms with E-state index >= 15 is 0 Å². The summed E-state index contributed by atoms with van der Waals surface area (Å²) < 4.78 is 10.3. The largest absolute Gasteiger partial charge is 0.350 e. The smallest absolute Gasteiger partial charge is 0.201 e. The molecule has 2 rings (SSSR count). The van der Waals surface area contributed by atoms with Crippen molar-refractivity contribution in [3.8, 4) is 0 Å². The van der Waals surface area contributed by atoms with Crippen LogP contribution in [0.1, 0.15) is 24.8 Å². The highest BCUT2D eigenvalue weighted by molar-refractivity contribution is 7.13. The Morgan fingerprint density at radius 1 is 1.33 bits per heavy atom. The van der Waals surface area contributed by atoms with Crippen LogP contribution in [0.3, 0.4) is 0 Å². The van der Waals surface area contributed by atoms with Gasteiger partial charge in [0.2, 0.25) is 6.29 Å². The van der Waals surface area contributed by atoms with Gasteiger partial charge in [-0.1, -0.05) is 0 Å². The molecule has 1 aliphatic heterocycles. The molecule has 0 bridgehead atoms. The average Bonchev–Trinajstić information content (AvgIpc) is 2.89. The fourth-order valence-electron chi connectivity index (χ4n) is 1.78. The molecule has 1 saturated heterocycles. The lowest BCUT2D eigenvalue weighted by atomic mass is 10.4. The third-order valence-corrected chi connectivity index (χ3v) is 3.48. The van der Waals surface area contributed by atoms with Crippen molar-refractivity contribution in [3.63, 3.8) is 0 Å². The van der Waals surface area contributed by atoms with E-state index in [2.05, 4.69) is 9.88 Å². The summed E-state index contributed by atoms with van der Waals surface area (Å²) in [4.78, 5) is 6.84. The molecule has 0 spiro atoms. The number of anilines is 1. The maximum absolute atomic E-state index is 5.16. The first-order valence-electron chi connectivity index (χ1n) is 5.11. The molecule has 0 saturated carbocycles. The van der Waals surface area contributed by atoms with Crippen LogP contribution in [0.15, 0.2) is 5.38 Å². The molecule has 2 heterocycles. The van der Waals surface area contributed by atoms with E-state index in [0.717, 1.165) is 23.9 Å². The van der Waals surface area contributed by atoms with E-state index in [1.165, 1.54) is 12.8 Å². The van der Waals surface area contributed by atoms with E-state index in [4.69, 9.17) is 9.47 Å². The van der Waals surface area contributed by atoms with Crippen LogP contribution in [0.4, 0.5) is 5.13 Å². The van der Waals surface area contributed by atoms with Gasteiger partial charge in [-0.25, -0.2) is 4.98 Å². The van der Waals surface area contributed by atoms with Crippen molar-refractivity contribution < 1.29 is 9.47 Å². The fraction of sp³-hybridized carbons (Fsp3) is 0.700. The first-order chi connectivity index (χ1) is 7.35. The second-order valence-electron chi connectivity index (χ2n) is 3.55. The van der Waals surface area contributed by atoms with Gasteiger partial charge >= 0.3 is 0 Å². The van der Waals surface area contributed by atoms with Crippen molar-refractivity contribution in [3.05, 3.63) is 11.1 Å². The quantitative estimate of drug-likeness (QED) is 0.739. The van der Waals surface area contributed by atoms with Crippen molar-refractivity contribution in [2.24, 2.45) is 0 Å². The van der Waals surface area contributed by atoms with Gasteiger partial charge in [0.15, 0.2) is 5.13 Å². The van der Waals surface area contributed by atoms with Crippen molar-refractivity contribution in [1.82, 2.24) is 4.98 Å². The van der Waals surface area contributed by atoms with Gasteiger partial charge < -0.3 is 14.4 Å². The third kappa shape index (κ3) is 2.30. The van der Waals surface area contributed by atoms with Gasteiger partial charge in [-0.15, -0.1) is 11.3 Å². The molecular formula is C10H16N2O2S. The summed E-state index contributed by atoms with van der Waals surface area (Å²) in [5.41, 5.74) is 0.868. The normalized spacial score (nSPS) is 16.6. The van der Waals surface area contributed by atoms with Crippen LogP contribution in [0.2, 0.25) is 0 Å². The zero-order valence-corrected chi connectivity index (χ0v) is 9.92. The summed E-state index contributed by atoms with van der Waals surface area (Å²) >= 11 is 1.66. The Bertz CT molecular complexity index is 290.